The number of nitrogens with zero attached hydrogens (tertiary/aromatic N) is 3. The summed E-state index contributed by atoms with van der Waals surface area (Å²) in [5.41, 5.74) is 3.91. The van der Waals surface area contributed by atoms with Crippen molar-refractivity contribution in [3.63, 3.8) is 0 Å². The molecule has 0 fully saturated rings. The molecule has 1 heterocycles. The fourth-order valence-electron chi connectivity index (χ4n) is 1.99. The predicted octanol–water partition coefficient (Wildman–Crippen LogP) is 2.42. The van der Waals surface area contributed by atoms with E-state index in [4.69, 9.17) is 0 Å². The summed E-state index contributed by atoms with van der Waals surface area (Å²) in [7, 11) is 0. The van der Waals surface area contributed by atoms with Gasteiger partial charge in [-0.3, -0.25) is 9.89 Å². The smallest absolute Gasteiger partial charge is 0.250 e. The monoisotopic (exact) mass is 353 g/mol. The van der Waals surface area contributed by atoms with Gasteiger partial charge in [-0.15, -0.1) is 5.10 Å². The predicted molar refractivity (Wildman–Crippen MR) is 96.4 cm³/mol. The van der Waals surface area contributed by atoms with Gasteiger partial charge in [0.2, 0.25) is 5.16 Å². The summed E-state index contributed by atoms with van der Waals surface area (Å²) in [6.07, 6.45) is 1.58. The molecule has 3 aromatic rings. The van der Waals surface area contributed by atoms with Crippen LogP contribution >= 0.6 is 11.8 Å². The molecule has 0 aliphatic carbocycles. The molecule has 126 valence electrons. The number of rotatable bonds is 6. The number of aromatic hydroxyl groups is 1. The molecule has 0 saturated carbocycles. The standard InChI is InChI=1S/C17H15N5O2S/c23-14-9-5-4-8-13(14)16-19-17(22-21-16)25-11-15(24)20-18-10-12-6-2-1-3-7-12/h1-10,23H,11H2,(H,20,24)(H,19,21,22)/b18-10+. The molecule has 0 saturated heterocycles. The minimum atomic E-state index is -0.258. The molecule has 7 nitrogen and oxygen atoms in total. The highest BCUT2D eigenvalue weighted by Gasteiger charge is 2.11. The van der Waals surface area contributed by atoms with E-state index in [-0.39, 0.29) is 17.4 Å². The number of amides is 1. The highest BCUT2D eigenvalue weighted by molar-refractivity contribution is 7.99. The molecule has 3 N–H and O–H groups in total. The van der Waals surface area contributed by atoms with Crippen LogP contribution in [0, 0.1) is 0 Å². The quantitative estimate of drug-likeness (QED) is 0.359. The van der Waals surface area contributed by atoms with Crippen LogP contribution < -0.4 is 5.43 Å². The molecule has 0 unspecified atom stereocenters. The Morgan fingerprint density at radius 1 is 1.20 bits per heavy atom. The van der Waals surface area contributed by atoms with Crippen LogP contribution in [0.5, 0.6) is 5.75 Å². The maximum Gasteiger partial charge on any atom is 0.250 e. The topological polar surface area (TPSA) is 103 Å². The maximum absolute atomic E-state index is 11.8. The highest BCUT2D eigenvalue weighted by atomic mass is 32.2. The van der Waals surface area contributed by atoms with Crippen LogP contribution in [0.25, 0.3) is 11.4 Å². The Kier molecular flexibility index (Phi) is 5.43. The van der Waals surface area contributed by atoms with Crippen molar-refractivity contribution in [3.05, 3.63) is 60.2 Å². The highest BCUT2D eigenvalue weighted by Crippen LogP contribution is 2.26. The number of nitrogens with one attached hydrogen (secondary N) is 2. The van der Waals surface area contributed by atoms with Crippen LogP contribution in [0.1, 0.15) is 5.56 Å². The Morgan fingerprint density at radius 3 is 2.76 bits per heavy atom. The Labute approximate surface area is 148 Å². The van der Waals surface area contributed by atoms with Crippen molar-refractivity contribution in [2.24, 2.45) is 5.10 Å². The lowest BCUT2D eigenvalue weighted by Crippen LogP contribution is -2.19. The second-order valence-electron chi connectivity index (χ2n) is 4.98. The molecular formula is C17H15N5O2S. The first-order chi connectivity index (χ1) is 12.2. The second-order valence-corrected chi connectivity index (χ2v) is 5.92. The number of H-pyrrole nitrogens is 1. The molecule has 8 heteroatoms. The number of carbonyl (C=O) groups excluding carboxylic acids is 1. The van der Waals surface area contributed by atoms with Gasteiger partial charge < -0.3 is 5.11 Å². The zero-order valence-corrected chi connectivity index (χ0v) is 13.9. The van der Waals surface area contributed by atoms with E-state index in [1.54, 1.807) is 30.5 Å². The normalized spacial score (nSPS) is 10.9. The van der Waals surface area contributed by atoms with Gasteiger partial charge in [0.15, 0.2) is 5.82 Å². The molecule has 1 aromatic heterocycles. The second kappa shape index (κ2) is 8.11. The van der Waals surface area contributed by atoms with Crippen LogP contribution in [0.15, 0.2) is 64.9 Å². The van der Waals surface area contributed by atoms with Crippen LogP contribution in [0.3, 0.4) is 0 Å². The van der Waals surface area contributed by atoms with E-state index >= 15 is 0 Å². The Morgan fingerprint density at radius 2 is 1.96 bits per heavy atom. The van der Waals surface area contributed by atoms with Gasteiger partial charge in [0.1, 0.15) is 5.75 Å². The van der Waals surface area contributed by atoms with Gasteiger partial charge >= 0.3 is 0 Å². The number of hydrogen-bond acceptors (Lipinski definition) is 6. The van der Waals surface area contributed by atoms with Gasteiger partial charge in [-0.1, -0.05) is 54.2 Å². The lowest BCUT2D eigenvalue weighted by Gasteiger charge is -1.98. The van der Waals surface area contributed by atoms with Gasteiger partial charge in [-0.2, -0.15) is 5.10 Å². The number of para-hydroxylation sites is 1. The fourth-order valence-corrected chi connectivity index (χ4v) is 2.58. The average Bonchev–Trinajstić information content (AvgIpc) is 3.10. The van der Waals surface area contributed by atoms with Crippen molar-refractivity contribution in [2.75, 3.05) is 5.75 Å². The summed E-state index contributed by atoms with van der Waals surface area (Å²) in [6.45, 7) is 0. The number of phenolic OH excluding ortho intramolecular Hbond substituents is 1. The van der Waals surface area contributed by atoms with E-state index in [1.807, 2.05) is 30.3 Å². The van der Waals surface area contributed by atoms with Crippen LogP contribution in [-0.4, -0.2) is 38.2 Å². The van der Waals surface area contributed by atoms with E-state index in [2.05, 4.69) is 25.7 Å². The molecule has 2 aromatic carbocycles. The number of phenols is 1. The van der Waals surface area contributed by atoms with Gasteiger partial charge in [-0.05, 0) is 17.7 Å². The van der Waals surface area contributed by atoms with Crippen molar-refractivity contribution in [1.82, 2.24) is 20.6 Å². The van der Waals surface area contributed by atoms with E-state index in [1.165, 1.54) is 11.8 Å². The minimum absolute atomic E-state index is 0.114. The largest absolute Gasteiger partial charge is 0.507 e. The number of aromatic amines is 1. The van der Waals surface area contributed by atoms with Gasteiger partial charge in [-0.25, -0.2) is 10.4 Å². The van der Waals surface area contributed by atoms with Crippen molar-refractivity contribution < 1.29 is 9.90 Å². The molecule has 0 aliphatic heterocycles. The zero-order valence-electron chi connectivity index (χ0n) is 13.1. The molecule has 3 rings (SSSR count). The van der Waals surface area contributed by atoms with Crippen molar-refractivity contribution in [2.45, 2.75) is 5.16 Å². The summed E-state index contributed by atoms with van der Waals surface area (Å²) in [4.78, 5) is 16.0. The molecule has 25 heavy (non-hydrogen) atoms. The third-order valence-electron chi connectivity index (χ3n) is 3.16. The summed E-state index contributed by atoms with van der Waals surface area (Å²) in [5.74, 6) is 0.432. The molecular weight excluding hydrogens is 338 g/mol. The lowest BCUT2D eigenvalue weighted by atomic mass is 10.2. The molecule has 0 radical (unpaired) electrons. The minimum Gasteiger partial charge on any atom is -0.507 e. The Balaban J connectivity index is 1.51. The SMILES string of the molecule is O=C(CSc1n[nH]c(-c2ccccc2O)n1)N/N=C/c1ccccc1. The first-order valence-electron chi connectivity index (χ1n) is 7.43. The number of benzene rings is 2. The first kappa shape index (κ1) is 16.7. The lowest BCUT2D eigenvalue weighted by molar-refractivity contribution is -0.118. The Hall–Kier alpha value is -3.13. The van der Waals surface area contributed by atoms with Crippen molar-refractivity contribution in [3.8, 4) is 17.1 Å². The van der Waals surface area contributed by atoms with Crippen molar-refractivity contribution >= 4 is 23.9 Å². The summed E-state index contributed by atoms with van der Waals surface area (Å²) < 4.78 is 0. The van der Waals surface area contributed by atoms with E-state index in [0.717, 1.165) is 5.56 Å². The summed E-state index contributed by atoms with van der Waals surface area (Å²) >= 11 is 1.18. The van der Waals surface area contributed by atoms with E-state index < -0.39 is 0 Å². The summed E-state index contributed by atoms with van der Waals surface area (Å²) in [5, 5.41) is 20.9. The number of hydrogen-bond donors (Lipinski definition) is 3. The summed E-state index contributed by atoms with van der Waals surface area (Å²) in [6, 6.07) is 16.3. The molecule has 0 atom stereocenters. The van der Waals surface area contributed by atoms with E-state index in [9.17, 15) is 9.90 Å². The number of aromatic nitrogens is 3. The fraction of sp³-hybridized carbons (Fsp3) is 0.0588. The number of hydrazone groups is 1. The van der Waals surface area contributed by atoms with Crippen LogP contribution in [-0.2, 0) is 4.79 Å². The van der Waals surface area contributed by atoms with Crippen LogP contribution in [0.2, 0.25) is 0 Å². The average molecular weight is 353 g/mol. The maximum atomic E-state index is 11.8. The van der Waals surface area contributed by atoms with E-state index in [0.29, 0.717) is 16.5 Å². The first-order valence-corrected chi connectivity index (χ1v) is 8.41. The van der Waals surface area contributed by atoms with Gasteiger partial charge in [0.25, 0.3) is 5.91 Å². The third-order valence-corrected chi connectivity index (χ3v) is 4.01. The van der Waals surface area contributed by atoms with Crippen LogP contribution in [0.4, 0.5) is 0 Å². The number of thioether (sulfide) groups is 1. The zero-order chi connectivity index (χ0) is 17.5. The molecule has 0 bridgehead atoms. The molecule has 1 amide bonds. The number of carbonyl (C=O) groups is 1. The van der Waals surface area contributed by atoms with Gasteiger partial charge in [0, 0.05) is 0 Å². The molecule has 0 spiro atoms. The Bertz CT molecular complexity index is 880. The molecule has 0 aliphatic rings. The third kappa shape index (κ3) is 4.67. The van der Waals surface area contributed by atoms with Gasteiger partial charge in [0.05, 0.1) is 17.5 Å². The van der Waals surface area contributed by atoms with Crippen molar-refractivity contribution in [1.29, 1.82) is 0 Å².